The molecule has 0 saturated heterocycles. The third-order valence-electron chi connectivity index (χ3n) is 7.30. The van der Waals surface area contributed by atoms with Crippen molar-refractivity contribution >= 4 is 18.0 Å². The summed E-state index contributed by atoms with van der Waals surface area (Å²) < 4.78 is 5.58. The van der Waals surface area contributed by atoms with Crippen molar-refractivity contribution in [1.29, 1.82) is 0 Å². The summed E-state index contributed by atoms with van der Waals surface area (Å²) in [5, 5.41) is 14.9. The molecule has 0 spiro atoms. The van der Waals surface area contributed by atoms with Crippen molar-refractivity contribution in [2.24, 2.45) is 11.8 Å². The lowest BCUT2D eigenvalue weighted by atomic mass is 9.79. The molecule has 2 aromatic carbocycles. The first kappa shape index (κ1) is 21.5. The normalized spacial score (nSPS) is 25.5. The molecule has 2 fully saturated rings. The molecule has 0 aromatic heterocycles. The minimum Gasteiger partial charge on any atom is -0.481 e. The summed E-state index contributed by atoms with van der Waals surface area (Å²) in [5.41, 5.74) is 4.71. The summed E-state index contributed by atoms with van der Waals surface area (Å²) in [6.07, 6.45) is 2.50. The number of nitrogens with one attached hydrogen (secondary N) is 2. The molecule has 33 heavy (non-hydrogen) atoms. The van der Waals surface area contributed by atoms with Crippen LogP contribution in [0, 0.1) is 11.8 Å². The number of carbonyl (C=O) groups excluding carboxylic acids is 2. The van der Waals surface area contributed by atoms with Crippen LogP contribution in [0.15, 0.2) is 48.5 Å². The number of amides is 2. The molecule has 3 aliphatic rings. The number of benzene rings is 2. The molecular formula is C26H28N2O5. The van der Waals surface area contributed by atoms with Crippen molar-refractivity contribution in [2.75, 3.05) is 6.61 Å². The van der Waals surface area contributed by atoms with Gasteiger partial charge in [-0.2, -0.15) is 0 Å². The second-order valence-corrected chi connectivity index (χ2v) is 9.39. The van der Waals surface area contributed by atoms with Crippen molar-refractivity contribution in [1.82, 2.24) is 10.6 Å². The van der Waals surface area contributed by atoms with Gasteiger partial charge in [-0.25, -0.2) is 4.79 Å². The highest BCUT2D eigenvalue weighted by Crippen LogP contribution is 2.44. The lowest BCUT2D eigenvalue weighted by molar-refractivity contribution is -0.141. The maximum Gasteiger partial charge on any atom is 0.407 e. The zero-order valence-electron chi connectivity index (χ0n) is 18.3. The number of alkyl carbamates (subject to hydrolysis) is 1. The van der Waals surface area contributed by atoms with Crippen LogP contribution in [-0.4, -0.2) is 41.8 Å². The van der Waals surface area contributed by atoms with Crippen molar-refractivity contribution in [3.63, 3.8) is 0 Å². The summed E-state index contributed by atoms with van der Waals surface area (Å²) in [6, 6.07) is 16.3. The second kappa shape index (κ2) is 8.89. The van der Waals surface area contributed by atoms with E-state index < -0.39 is 12.1 Å². The van der Waals surface area contributed by atoms with Crippen LogP contribution in [0.2, 0.25) is 0 Å². The van der Waals surface area contributed by atoms with E-state index in [1.807, 2.05) is 24.3 Å². The Balaban J connectivity index is 1.08. The SMILES string of the molecule is O=C(NC1CC(C(=O)N[C@@H]2CC[C@H](C(=O)O)C2)C1)OCC1c2ccccc2-c2ccccc21. The van der Waals surface area contributed by atoms with Gasteiger partial charge >= 0.3 is 12.1 Å². The summed E-state index contributed by atoms with van der Waals surface area (Å²) in [4.78, 5) is 35.9. The van der Waals surface area contributed by atoms with Gasteiger partial charge in [-0.15, -0.1) is 0 Å². The number of fused-ring (bicyclic) bond motifs is 3. The summed E-state index contributed by atoms with van der Waals surface area (Å²) in [5.74, 6) is -1.32. The van der Waals surface area contributed by atoms with Gasteiger partial charge < -0.3 is 20.5 Å². The molecule has 0 aliphatic heterocycles. The molecule has 2 aromatic rings. The Morgan fingerprint density at radius 1 is 0.818 bits per heavy atom. The van der Waals surface area contributed by atoms with E-state index in [0.29, 0.717) is 32.1 Å². The van der Waals surface area contributed by atoms with E-state index in [1.54, 1.807) is 0 Å². The maximum atomic E-state index is 12.4. The summed E-state index contributed by atoms with van der Waals surface area (Å²) >= 11 is 0. The maximum absolute atomic E-state index is 12.4. The van der Waals surface area contributed by atoms with Crippen LogP contribution >= 0.6 is 0 Å². The van der Waals surface area contributed by atoms with E-state index in [0.717, 1.165) is 0 Å². The van der Waals surface area contributed by atoms with Gasteiger partial charge in [0, 0.05) is 23.9 Å². The van der Waals surface area contributed by atoms with Crippen molar-refractivity contribution in [2.45, 2.75) is 50.1 Å². The molecule has 0 radical (unpaired) electrons. The highest BCUT2D eigenvalue weighted by atomic mass is 16.5. The number of ether oxygens (including phenoxy) is 1. The van der Waals surface area contributed by atoms with E-state index in [9.17, 15) is 14.4 Å². The molecule has 2 amide bonds. The fourth-order valence-electron chi connectivity index (χ4n) is 5.41. The van der Waals surface area contributed by atoms with E-state index in [2.05, 4.69) is 34.9 Å². The number of aliphatic carboxylic acids is 1. The molecule has 172 valence electrons. The number of carbonyl (C=O) groups is 3. The molecule has 5 rings (SSSR count). The van der Waals surface area contributed by atoms with Crippen LogP contribution in [0.25, 0.3) is 11.1 Å². The largest absolute Gasteiger partial charge is 0.481 e. The third kappa shape index (κ3) is 4.32. The highest BCUT2D eigenvalue weighted by molar-refractivity contribution is 5.81. The first-order valence-electron chi connectivity index (χ1n) is 11.6. The van der Waals surface area contributed by atoms with Gasteiger partial charge in [0.15, 0.2) is 0 Å². The molecule has 7 heteroatoms. The molecular weight excluding hydrogens is 420 g/mol. The topological polar surface area (TPSA) is 105 Å². The first-order valence-corrected chi connectivity index (χ1v) is 11.6. The average molecular weight is 449 g/mol. The fraction of sp³-hybridized carbons (Fsp3) is 0.423. The smallest absolute Gasteiger partial charge is 0.407 e. The van der Waals surface area contributed by atoms with Crippen molar-refractivity contribution < 1.29 is 24.2 Å². The molecule has 2 atom stereocenters. The van der Waals surface area contributed by atoms with Crippen molar-refractivity contribution in [3.8, 4) is 11.1 Å². The predicted octanol–water partition coefficient (Wildman–Crippen LogP) is 3.67. The zero-order valence-corrected chi connectivity index (χ0v) is 18.3. The number of carboxylic acids is 1. The number of carboxylic acid groups (broad SMARTS) is 1. The zero-order chi connectivity index (χ0) is 22.9. The third-order valence-corrected chi connectivity index (χ3v) is 7.30. The molecule has 0 bridgehead atoms. The Morgan fingerprint density at radius 2 is 1.42 bits per heavy atom. The van der Waals surface area contributed by atoms with Gasteiger partial charge in [-0.3, -0.25) is 9.59 Å². The number of rotatable bonds is 6. The molecule has 3 aliphatic carbocycles. The predicted molar refractivity (Wildman–Crippen MR) is 122 cm³/mol. The van der Waals surface area contributed by atoms with Crippen LogP contribution in [-0.2, 0) is 14.3 Å². The van der Waals surface area contributed by atoms with Gasteiger partial charge in [0.25, 0.3) is 0 Å². The Kier molecular flexibility index (Phi) is 5.79. The van der Waals surface area contributed by atoms with Gasteiger partial charge in [0.05, 0.1) is 5.92 Å². The summed E-state index contributed by atoms with van der Waals surface area (Å²) in [6.45, 7) is 0.267. The Hall–Kier alpha value is -3.35. The Bertz CT molecular complexity index is 1030. The first-order chi connectivity index (χ1) is 16.0. The lowest BCUT2D eigenvalue weighted by Crippen LogP contribution is -2.51. The highest BCUT2D eigenvalue weighted by Gasteiger charge is 2.38. The lowest BCUT2D eigenvalue weighted by Gasteiger charge is -2.35. The van der Waals surface area contributed by atoms with E-state index >= 15 is 0 Å². The standard InChI is InChI=1S/C26H28N2O5/c29-24(27-17-10-9-15(11-17)25(30)31)16-12-18(13-16)28-26(32)33-14-23-21-7-3-1-5-19(21)20-6-2-4-8-22(20)23/h1-8,15-18,23H,9-14H2,(H,27,29)(H,28,32)(H,30,31)/t15-,16?,17+,18?/m0/s1. The van der Waals surface area contributed by atoms with Gasteiger partial charge in [0.2, 0.25) is 5.91 Å². The van der Waals surface area contributed by atoms with Crippen LogP contribution in [0.4, 0.5) is 4.79 Å². The average Bonchev–Trinajstić information content (AvgIpc) is 3.37. The molecule has 0 unspecified atom stereocenters. The van der Waals surface area contributed by atoms with Crippen LogP contribution < -0.4 is 10.6 Å². The fourth-order valence-corrected chi connectivity index (χ4v) is 5.41. The molecule has 7 nitrogen and oxygen atoms in total. The van der Waals surface area contributed by atoms with Crippen LogP contribution in [0.5, 0.6) is 0 Å². The Labute approximate surface area is 192 Å². The molecule has 2 saturated carbocycles. The monoisotopic (exact) mass is 448 g/mol. The quantitative estimate of drug-likeness (QED) is 0.625. The number of hydrogen-bond acceptors (Lipinski definition) is 4. The minimum absolute atomic E-state index is 0.0177. The van der Waals surface area contributed by atoms with E-state index in [-0.39, 0.29) is 42.4 Å². The van der Waals surface area contributed by atoms with Gasteiger partial charge in [0.1, 0.15) is 6.61 Å². The molecule has 3 N–H and O–H groups in total. The van der Waals surface area contributed by atoms with E-state index in [1.165, 1.54) is 22.3 Å². The Morgan fingerprint density at radius 3 is 2.03 bits per heavy atom. The van der Waals surface area contributed by atoms with Gasteiger partial charge in [-0.1, -0.05) is 48.5 Å². The second-order valence-electron chi connectivity index (χ2n) is 9.39. The van der Waals surface area contributed by atoms with Crippen molar-refractivity contribution in [3.05, 3.63) is 59.7 Å². The molecule has 0 heterocycles. The summed E-state index contributed by atoms with van der Waals surface area (Å²) in [7, 11) is 0. The minimum atomic E-state index is -0.789. The number of hydrogen-bond donors (Lipinski definition) is 3. The van der Waals surface area contributed by atoms with Crippen LogP contribution in [0.1, 0.15) is 49.1 Å². The van der Waals surface area contributed by atoms with E-state index in [4.69, 9.17) is 9.84 Å². The van der Waals surface area contributed by atoms with Crippen LogP contribution in [0.3, 0.4) is 0 Å². The van der Waals surface area contributed by atoms with Gasteiger partial charge in [-0.05, 0) is 54.4 Å².